The zero-order chi connectivity index (χ0) is 11.2. The Morgan fingerprint density at radius 2 is 2.00 bits per heavy atom. The molecule has 2 aromatic rings. The molecular formula is C13H15N3. The van der Waals surface area contributed by atoms with Crippen molar-refractivity contribution in [2.75, 3.05) is 6.54 Å². The molecule has 1 fully saturated rings. The molecule has 0 radical (unpaired) electrons. The number of rotatable bonds is 2. The fourth-order valence-corrected chi connectivity index (χ4v) is 2.14. The molecule has 3 rings (SSSR count). The van der Waals surface area contributed by atoms with Crippen LogP contribution in [0.4, 0.5) is 0 Å². The van der Waals surface area contributed by atoms with Crippen molar-refractivity contribution < 1.29 is 0 Å². The van der Waals surface area contributed by atoms with Gasteiger partial charge in [-0.1, -0.05) is 18.2 Å². The summed E-state index contributed by atoms with van der Waals surface area (Å²) in [6.45, 7) is 2.70. The van der Waals surface area contributed by atoms with Crippen LogP contribution < -0.4 is 5.73 Å². The fraction of sp³-hybridized carbons (Fsp3) is 0.385. The molecule has 0 aliphatic heterocycles. The van der Waals surface area contributed by atoms with Crippen molar-refractivity contribution in [2.24, 2.45) is 5.73 Å². The molecule has 1 aromatic heterocycles. The third kappa shape index (κ3) is 1.32. The number of hydrogen-bond donors (Lipinski definition) is 1. The number of aryl methyl sites for hydroxylation is 1. The molecule has 0 spiro atoms. The van der Waals surface area contributed by atoms with E-state index in [0.717, 1.165) is 35.3 Å². The molecule has 1 aliphatic rings. The predicted molar refractivity (Wildman–Crippen MR) is 64.2 cm³/mol. The van der Waals surface area contributed by atoms with E-state index in [0.29, 0.717) is 6.54 Å². The van der Waals surface area contributed by atoms with Crippen LogP contribution in [0, 0.1) is 6.92 Å². The minimum atomic E-state index is 0.0782. The van der Waals surface area contributed by atoms with Gasteiger partial charge >= 0.3 is 0 Å². The van der Waals surface area contributed by atoms with Gasteiger partial charge in [-0.2, -0.15) is 0 Å². The number of aromatic nitrogens is 2. The van der Waals surface area contributed by atoms with Crippen molar-refractivity contribution in [1.29, 1.82) is 0 Å². The van der Waals surface area contributed by atoms with E-state index in [-0.39, 0.29) is 5.41 Å². The molecule has 0 unspecified atom stereocenters. The number of nitrogens with two attached hydrogens (primary N) is 1. The summed E-state index contributed by atoms with van der Waals surface area (Å²) in [7, 11) is 0. The molecule has 3 nitrogen and oxygen atoms in total. The molecule has 1 aliphatic carbocycles. The Morgan fingerprint density at radius 1 is 1.25 bits per heavy atom. The largest absolute Gasteiger partial charge is 0.329 e. The van der Waals surface area contributed by atoms with E-state index in [9.17, 15) is 0 Å². The first-order chi connectivity index (χ1) is 7.75. The first-order valence-electron chi connectivity index (χ1n) is 5.69. The van der Waals surface area contributed by atoms with Crippen LogP contribution in [0.15, 0.2) is 24.3 Å². The van der Waals surface area contributed by atoms with Crippen molar-refractivity contribution in [3.8, 4) is 0 Å². The van der Waals surface area contributed by atoms with Crippen LogP contribution in [0.1, 0.15) is 24.4 Å². The van der Waals surface area contributed by atoms with E-state index in [1.165, 1.54) is 0 Å². The van der Waals surface area contributed by atoms with E-state index in [1.807, 2.05) is 25.1 Å². The van der Waals surface area contributed by atoms with Gasteiger partial charge in [-0.25, -0.2) is 9.97 Å². The average molecular weight is 213 g/mol. The summed E-state index contributed by atoms with van der Waals surface area (Å²) in [6.07, 6.45) is 2.25. The lowest BCUT2D eigenvalue weighted by Crippen LogP contribution is -2.22. The summed E-state index contributed by atoms with van der Waals surface area (Å²) in [4.78, 5) is 9.27. The molecule has 0 amide bonds. The standard InChI is InChI=1S/C13H15N3/c1-9-10-4-2-3-5-11(10)16-12(15-9)13(8-14)6-7-13/h2-5H,6-8,14H2,1H3. The summed E-state index contributed by atoms with van der Waals surface area (Å²) < 4.78 is 0. The van der Waals surface area contributed by atoms with Gasteiger partial charge in [0, 0.05) is 23.0 Å². The summed E-state index contributed by atoms with van der Waals surface area (Å²) in [5, 5.41) is 1.14. The third-order valence-corrected chi connectivity index (χ3v) is 3.51. The van der Waals surface area contributed by atoms with Gasteiger partial charge in [-0.05, 0) is 25.8 Å². The maximum absolute atomic E-state index is 5.81. The highest BCUT2D eigenvalue weighted by atomic mass is 14.9. The van der Waals surface area contributed by atoms with E-state index in [4.69, 9.17) is 5.73 Å². The van der Waals surface area contributed by atoms with Gasteiger partial charge in [0.15, 0.2) is 0 Å². The van der Waals surface area contributed by atoms with Crippen LogP contribution >= 0.6 is 0 Å². The van der Waals surface area contributed by atoms with Crippen molar-refractivity contribution >= 4 is 10.9 Å². The van der Waals surface area contributed by atoms with Gasteiger partial charge in [-0.15, -0.1) is 0 Å². The van der Waals surface area contributed by atoms with E-state index in [2.05, 4.69) is 16.0 Å². The lowest BCUT2D eigenvalue weighted by molar-refractivity contribution is 0.650. The number of nitrogens with zero attached hydrogens (tertiary/aromatic N) is 2. The molecule has 3 heteroatoms. The van der Waals surface area contributed by atoms with Gasteiger partial charge in [-0.3, -0.25) is 0 Å². The Hall–Kier alpha value is -1.48. The molecule has 0 saturated heterocycles. The first-order valence-corrected chi connectivity index (χ1v) is 5.69. The molecule has 2 N–H and O–H groups in total. The summed E-state index contributed by atoms with van der Waals surface area (Å²) in [6, 6.07) is 8.14. The molecule has 0 bridgehead atoms. The lowest BCUT2D eigenvalue weighted by atomic mass is 10.1. The van der Waals surface area contributed by atoms with Gasteiger partial charge in [0.05, 0.1) is 5.52 Å². The SMILES string of the molecule is Cc1nc(C2(CN)CC2)nc2ccccc12. The highest BCUT2D eigenvalue weighted by Gasteiger charge is 2.45. The Morgan fingerprint density at radius 3 is 2.69 bits per heavy atom. The highest BCUT2D eigenvalue weighted by molar-refractivity contribution is 5.80. The second-order valence-corrected chi connectivity index (χ2v) is 4.63. The zero-order valence-electron chi connectivity index (χ0n) is 9.40. The van der Waals surface area contributed by atoms with Gasteiger partial charge in [0.2, 0.25) is 0 Å². The average Bonchev–Trinajstić information content (AvgIpc) is 3.10. The Balaban J connectivity index is 2.22. The summed E-state index contributed by atoms with van der Waals surface area (Å²) in [5.41, 5.74) is 7.98. The maximum atomic E-state index is 5.81. The normalized spacial score (nSPS) is 17.6. The second-order valence-electron chi connectivity index (χ2n) is 4.63. The highest BCUT2D eigenvalue weighted by Crippen LogP contribution is 2.45. The third-order valence-electron chi connectivity index (χ3n) is 3.51. The minimum Gasteiger partial charge on any atom is -0.329 e. The second kappa shape index (κ2) is 3.25. The maximum Gasteiger partial charge on any atom is 0.136 e. The molecule has 1 aromatic carbocycles. The Kier molecular flexibility index (Phi) is 1.98. The van der Waals surface area contributed by atoms with Crippen LogP contribution in [0.5, 0.6) is 0 Å². The molecule has 16 heavy (non-hydrogen) atoms. The minimum absolute atomic E-state index is 0.0782. The quantitative estimate of drug-likeness (QED) is 0.829. The van der Waals surface area contributed by atoms with Crippen molar-refractivity contribution in [3.05, 3.63) is 35.8 Å². The molecule has 1 saturated carbocycles. The molecule has 82 valence electrons. The van der Waals surface area contributed by atoms with E-state index >= 15 is 0 Å². The van der Waals surface area contributed by atoms with Gasteiger partial charge in [0.1, 0.15) is 5.82 Å². The summed E-state index contributed by atoms with van der Waals surface area (Å²) >= 11 is 0. The Bertz CT molecular complexity index is 544. The number of fused-ring (bicyclic) bond motifs is 1. The van der Waals surface area contributed by atoms with E-state index in [1.54, 1.807) is 0 Å². The van der Waals surface area contributed by atoms with Crippen molar-refractivity contribution in [3.63, 3.8) is 0 Å². The number of benzene rings is 1. The van der Waals surface area contributed by atoms with Crippen molar-refractivity contribution in [2.45, 2.75) is 25.2 Å². The van der Waals surface area contributed by atoms with Crippen LogP contribution in [-0.4, -0.2) is 16.5 Å². The van der Waals surface area contributed by atoms with Gasteiger partial charge in [0.25, 0.3) is 0 Å². The van der Waals surface area contributed by atoms with Crippen molar-refractivity contribution in [1.82, 2.24) is 9.97 Å². The molecule has 0 atom stereocenters. The number of hydrogen-bond acceptors (Lipinski definition) is 3. The summed E-state index contributed by atoms with van der Waals surface area (Å²) in [5.74, 6) is 0.936. The fourth-order valence-electron chi connectivity index (χ4n) is 2.14. The van der Waals surface area contributed by atoms with Crippen LogP contribution in [0.25, 0.3) is 10.9 Å². The predicted octanol–water partition coefficient (Wildman–Crippen LogP) is 1.93. The van der Waals surface area contributed by atoms with Crippen LogP contribution in [0.2, 0.25) is 0 Å². The Labute approximate surface area is 94.7 Å². The lowest BCUT2D eigenvalue weighted by Gasteiger charge is -2.12. The topological polar surface area (TPSA) is 51.8 Å². The van der Waals surface area contributed by atoms with Crippen LogP contribution in [-0.2, 0) is 5.41 Å². The molecule has 1 heterocycles. The van der Waals surface area contributed by atoms with E-state index < -0.39 is 0 Å². The van der Waals surface area contributed by atoms with Gasteiger partial charge < -0.3 is 5.73 Å². The zero-order valence-corrected chi connectivity index (χ0v) is 9.40. The monoisotopic (exact) mass is 213 g/mol. The first kappa shape index (κ1) is 9.73. The van der Waals surface area contributed by atoms with Crippen LogP contribution in [0.3, 0.4) is 0 Å². The molecular weight excluding hydrogens is 198 g/mol. The smallest absolute Gasteiger partial charge is 0.136 e. The number of para-hydroxylation sites is 1.